The Kier molecular flexibility index (Phi) is 4.12. The Bertz CT molecular complexity index is 1090. The van der Waals surface area contributed by atoms with Crippen molar-refractivity contribution in [3.63, 3.8) is 0 Å². The van der Waals surface area contributed by atoms with Crippen molar-refractivity contribution in [1.82, 2.24) is 20.1 Å². The molecule has 0 unspecified atom stereocenters. The third-order valence-electron chi connectivity index (χ3n) is 5.70. The molecule has 5 rings (SSSR count). The number of fused-ring (bicyclic) bond motifs is 2. The van der Waals surface area contributed by atoms with Crippen molar-refractivity contribution in [1.29, 1.82) is 0 Å². The molecule has 2 atom stereocenters. The summed E-state index contributed by atoms with van der Waals surface area (Å²) in [7, 11) is 0. The second kappa shape index (κ2) is 6.80. The molecule has 3 aromatic rings. The van der Waals surface area contributed by atoms with Gasteiger partial charge in [-0.15, -0.1) is 0 Å². The van der Waals surface area contributed by atoms with Crippen molar-refractivity contribution in [2.75, 3.05) is 19.6 Å². The number of nitrogens with zero attached hydrogens (tertiary/aromatic N) is 2. The molecular weight excluding hydrogens is 372 g/mol. The van der Waals surface area contributed by atoms with Crippen LogP contribution in [-0.4, -0.2) is 64.2 Å². The molecule has 2 aliphatic heterocycles. The second-order valence-electron chi connectivity index (χ2n) is 7.40. The van der Waals surface area contributed by atoms with Crippen LogP contribution in [0.5, 0.6) is 0 Å². The van der Waals surface area contributed by atoms with E-state index in [0.29, 0.717) is 19.5 Å². The standard InChI is InChI=1S/C21H20N4O4/c26-19-17-12-24(21(28)18-6-3-9-29-18)7-8-25(17)20(27)16(23-19)10-13-11-22-15-5-2-1-4-14(13)15/h1-6,9,11,16-17,22H,7-8,10,12H2,(H,23,26)/t16-,17+/m0/s1. The van der Waals surface area contributed by atoms with Crippen molar-refractivity contribution in [2.45, 2.75) is 18.5 Å². The topological polar surface area (TPSA) is 98.6 Å². The SMILES string of the molecule is O=C1N[C@@H](Cc2c[nH]c3ccccc23)C(=O)N2CCN(C(=O)c3ccco3)C[C@H]12. The summed E-state index contributed by atoms with van der Waals surface area (Å²) < 4.78 is 5.17. The predicted octanol–water partition coefficient (Wildman–Crippen LogP) is 1.15. The van der Waals surface area contributed by atoms with Gasteiger partial charge in [0.25, 0.3) is 5.91 Å². The van der Waals surface area contributed by atoms with Crippen LogP contribution in [0.15, 0.2) is 53.3 Å². The van der Waals surface area contributed by atoms with E-state index in [-0.39, 0.29) is 30.0 Å². The highest BCUT2D eigenvalue weighted by atomic mass is 16.3. The van der Waals surface area contributed by atoms with Crippen LogP contribution in [0, 0.1) is 0 Å². The Labute approximate surface area is 166 Å². The van der Waals surface area contributed by atoms with Crippen molar-refractivity contribution < 1.29 is 18.8 Å². The van der Waals surface area contributed by atoms with E-state index in [1.807, 2.05) is 30.5 Å². The number of rotatable bonds is 3. The minimum atomic E-state index is -0.672. The number of nitrogens with one attached hydrogen (secondary N) is 2. The van der Waals surface area contributed by atoms with Crippen LogP contribution in [-0.2, 0) is 16.0 Å². The maximum atomic E-state index is 13.1. The molecule has 2 N–H and O–H groups in total. The average molecular weight is 392 g/mol. The zero-order valence-electron chi connectivity index (χ0n) is 15.6. The minimum Gasteiger partial charge on any atom is -0.459 e. The first-order valence-corrected chi connectivity index (χ1v) is 9.60. The molecule has 0 saturated carbocycles. The third-order valence-corrected chi connectivity index (χ3v) is 5.70. The van der Waals surface area contributed by atoms with Crippen LogP contribution in [0.1, 0.15) is 16.1 Å². The molecule has 0 bridgehead atoms. The van der Waals surface area contributed by atoms with E-state index in [2.05, 4.69) is 10.3 Å². The summed E-state index contributed by atoms with van der Waals surface area (Å²) in [6.45, 7) is 0.861. The van der Waals surface area contributed by atoms with Crippen molar-refractivity contribution in [3.8, 4) is 0 Å². The van der Waals surface area contributed by atoms with Crippen molar-refractivity contribution in [3.05, 3.63) is 60.2 Å². The fourth-order valence-electron chi connectivity index (χ4n) is 4.20. The molecular formula is C21H20N4O4. The Morgan fingerprint density at radius 3 is 2.83 bits per heavy atom. The number of H-pyrrole nitrogens is 1. The number of furan rings is 1. The van der Waals surface area contributed by atoms with Crippen LogP contribution in [0.2, 0.25) is 0 Å². The zero-order chi connectivity index (χ0) is 20.0. The summed E-state index contributed by atoms with van der Waals surface area (Å²) in [5.41, 5.74) is 1.99. The smallest absolute Gasteiger partial charge is 0.289 e. The zero-order valence-corrected chi connectivity index (χ0v) is 15.6. The summed E-state index contributed by atoms with van der Waals surface area (Å²) in [5, 5.41) is 3.90. The number of piperazine rings is 2. The highest BCUT2D eigenvalue weighted by molar-refractivity contribution is 5.99. The van der Waals surface area contributed by atoms with Gasteiger partial charge in [-0.1, -0.05) is 18.2 Å². The van der Waals surface area contributed by atoms with Gasteiger partial charge in [-0.2, -0.15) is 0 Å². The largest absolute Gasteiger partial charge is 0.459 e. The van der Waals surface area contributed by atoms with Crippen LogP contribution in [0.4, 0.5) is 0 Å². The molecule has 4 heterocycles. The second-order valence-corrected chi connectivity index (χ2v) is 7.40. The Hall–Kier alpha value is -3.55. The first-order valence-electron chi connectivity index (χ1n) is 9.60. The summed E-state index contributed by atoms with van der Waals surface area (Å²) in [6, 6.07) is 9.84. The van der Waals surface area contributed by atoms with Crippen LogP contribution in [0.25, 0.3) is 10.9 Å². The average Bonchev–Trinajstić information content (AvgIpc) is 3.41. The first kappa shape index (κ1) is 17.5. The van der Waals surface area contributed by atoms with Gasteiger partial charge in [0.15, 0.2) is 5.76 Å². The molecule has 148 valence electrons. The molecule has 8 nitrogen and oxygen atoms in total. The number of benzene rings is 1. The number of hydrogen-bond donors (Lipinski definition) is 2. The molecule has 29 heavy (non-hydrogen) atoms. The molecule has 2 fully saturated rings. The van der Waals surface area contributed by atoms with Gasteiger partial charge in [0.05, 0.1) is 12.8 Å². The van der Waals surface area contributed by atoms with Gasteiger partial charge in [0.2, 0.25) is 11.8 Å². The number of amides is 3. The lowest BCUT2D eigenvalue weighted by molar-refractivity contribution is -0.152. The van der Waals surface area contributed by atoms with Gasteiger partial charge < -0.3 is 24.5 Å². The highest BCUT2D eigenvalue weighted by Crippen LogP contribution is 2.23. The minimum absolute atomic E-state index is 0.107. The van der Waals surface area contributed by atoms with E-state index in [1.165, 1.54) is 6.26 Å². The Balaban J connectivity index is 1.32. The predicted molar refractivity (Wildman–Crippen MR) is 104 cm³/mol. The normalized spacial score (nSPS) is 21.9. The number of para-hydroxylation sites is 1. The lowest BCUT2D eigenvalue weighted by atomic mass is 9.98. The number of aromatic nitrogens is 1. The highest BCUT2D eigenvalue weighted by Gasteiger charge is 2.44. The summed E-state index contributed by atoms with van der Waals surface area (Å²) >= 11 is 0. The fraction of sp³-hybridized carbons (Fsp3) is 0.286. The lowest BCUT2D eigenvalue weighted by Gasteiger charge is -2.45. The number of hydrogen-bond acceptors (Lipinski definition) is 4. The summed E-state index contributed by atoms with van der Waals surface area (Å²) in [5.74, 6) is -0.370. The van der Waals surface area contributed by atoms with Gasteiger partial charge in [-0.05, 0) is 23.8 Å². The maximum Gasteiger partial charge on any atom is 0.289 e. The Morgan fingerprint density at radius 1 is 1.14 bits per heavy atom. The monoisotopic (exact) mass is 392 g/mol. The van der Waals surface area contributed by atoms with Crippen LogP contribution >= 0.6 is 0 Å². The van der Waals surface area contributed by atoms with E-state index < -0.39 is 12.1 Å². The van der Waals surface area contributed by atoms with Crippen molar-refractivity contribution >= 4 is 28.6 Å². The molecule has 8 heteroatoms. The number of carbonyl (C=O) groups excluding carboxylic acids is 3. The van der Waals surface area contributed by atoms with E-state index in [0.717, 1.165) is 16.5 Å². The van der Waals surface area contributed by atoms with E-state index in [9.17, 15) is 14.4 Å². The molecule has 2 aromatic heterocycles. The molecule has 0 spiro atoms. The molecule has 0 radical (unpaired) electrons. The fourth-order valence-corrected chi connectivity index (χ4v) is 4.20. The summed E-state index contributed by atoms with van der Waals surface area (Å²) in [4.78, 5) is 44.7. The van der Waals surface area contributed by atoms with Crippen molar-refractivity contribution in [2.24, 2.45) is 0 Å². The van der Waals surface area contributed by atoms with Gasteiger partial charge in [0.1, 0.15) is 12.1 Å². The molecule has 2 saturated heterocycles. The van der Waals surface area contributed by atoms with Gasteiger partial charge in [-0.25, -0.2) is 0 Å². The summed E-state index contributed by atoms with van der Waals surface area (Å²) in [6.07, 6.45) is 3.75. The van der Waals surface area contributed by atoms with E-state index in [1.54, 1.807) is 21.9 Å². The number of aromatic amines is 1. The number of carbonyl (C=O) groups is 3. The third kappa shape index (κ3) is 2.97. The lowest BCUT2D eigenvalue weighted by Crippen LogP contribution is -2.70. The first-order chi connectivity index (χ1) is 14.1. The van der Waals surface area contributed by atoms with Crippen LogP contribution < -0.4 is 5.32 Å². The van der Waals surface area contributed by atoms with Gasteiger partial charge in [0, 0.05) is 36.6 Å². The van der Waals surface area contributed by atoms with E-state index in [4.69, 9.17) is 4.42 Å². The Morgan fingerprint density at radius 2 is 2.00 bits per heavy atom. The van der Waals surface area contributed by atoms with E-state index >= 15 is 0 Å². The van der Waals surface area contributed by atoms with Gasteiger partial charge >= 0.3 is 0 Å². The molecule has 3 amide bonds. The van der Waals surface area contributed by atoms with Crippen LogP contribution in [0.3, 0.4) is 0 Å². The maximum absolute atomic E-state index is 13.1. The quantitative estimate of drug-likeness (QED) is 0.699. The molecule has 2 aliphatic rings. The van der Waals surface area contributed by atoms with Gasteiger partial charge in [-0.3, -0.25) is 14.4 Å². The molecule has 0 aliphatic carbocycles. The molecule has 1 aromatic carbocycles.